The first kappa shape index (κ1) is 28.1. The van der Waals surface area contributed by atoms with Crippen molar-refractivity contribution in [2.75, 3.05) is 27.4 Å². The Morgan fingerprint density at radius 2 is 1.53 bits per heavy atom. The van der Waals surface area contributed by atoms with Crippen LogP contribution in [0.1, 0.15) is 31.3 Å². The molecule has 2 aromatic carbocycles. The van der Waals surface area contributed by atoms with Crippen molar-refractivity contribution in [3.63, 3.8) is 0 Å². The molecule has 0 spiro atoms. The average molecular weight is 623 g/mol. The molecule has 0 aliphatic carbocycles. The fourth-order valence-corrected chi connectivity index (χ4v) is 9.43. The molecule has 1 unspecified atom stereocenters. The van der Waals surface area contributed by atoms with Gasteiger partial charge in [-0.1, -0.05) is 81.4 Å². The second kappa shape index (κ2) is 12.2. The molecule has 36 heavy (non-hydrogen) atoms. The van der Waals surface area contributed by atoms with Crippen molar-refractivity contribution in [3.8, 4) is 5.75 Å². The third kappa shape index (κ3) is 6.08. The molecule has 1 heterocycles. The first-order chi connectivity index (χ1) is 17.1. The summed E-state index contributed by atoms with van der Waals surface area (Å²) in [6, 6.07) is 21.9. The molecule has 0 fully saturated rings. The zero-order valence-corrected chi connectivity index (χ0v) is 24.2. The minimum absolute atomic E-state index is 0.00338. The summed E-state index contributed by atoms with van der Waals surface area (Å²) in [7, 11) is -0.0333. The van der Waals surface area contributed by atoms with Crippen LogP contribution in [0.4, 0.5) is 0 Å². The third-order valence-corrected chi connectivity index (χ3v) is 11.6. The summed E-state index contributed by atoms with van der Waals surface area (Å²) >= 11 is 1.93. The lowest BCUT2D eigenvalue weighted by atomic mass is 10.2. The Kier molecular flexibility index (Phi) is 9.51. The van der Waals surface area contributed by atoms with E-state index in [1.54, 1.807) is 7.11 Å². The Morgan fingerprint density at radius 1 is 0.972 bits per heavy atom. The maximum absolute atomic E-state index is 12.6. The van der Waals surface area contributed by atoms with Crippen LogP contribution >= 0.6 is 22.6 Å². The fraction of sp³-hybridized carbons (Fsp3) is 0.333. The first-order valence-electron chi connectivity index (χ1n) is 11.5. The zero-order chi connectivity index (χ0) is 26.3. The smallest absolute Gasteiger partial charge is 0.380 e. The first-order valence-corrected chi connectivity index (χ1v) is 14.4. The largest absolute Gasteiger partial charge is 0.478 e. The molecule has 3 aromatic rings. The van der Waals surface area contributed by atoms with Gasteiger partial charge in [0.1, 0.15) is 6.10 Å². The standard InChI is InChI=1S/C27H31IO7Si/c1-27(2,3)36(20-12-8-6-9-13-20,21-14-10-7-11-15-21)33-18-19(17-31-4)34-24-22(28)16-23(25(29)32-5)35-26(24)30/h6-16,19H,17-18H2,1-5H3. The lowest BCUT2D eigenvalue weighted by molar-refractivity contribution is 0.0419. The number of benzene rings is 2. The maximum Gasteiger partial charge on any atom is 0.380 e. The van der Waals surface area contributed by atoms with Gasteiger partial charge in [0.25, 0.3) is 8.32 Å². The SMILES string of the molecule is COCC(CO[Si](c1ccccc1)(c1ccccc1)C(C)(C)C)Oc1c(I)cc(C(=O)OC)oc1=O. The molecule has 0 bridgehead atoms. The summed E-state index contributed by atoms with van der Waals surface area (Å²) in [6.45, 7) is 6.93. The molecule has 7 nitrogen and oxygen atoms in total. The summed E-state index contributed by atoms with van der Waals surface area (Å²) in [6.07, 6.45) is -0.600. The predicted octanol–water partition coefficient (Wildman–Crippen LogP) is 4.00. The van der Waals surface area contributed by atoms with E-state index in [4.69, 9.17) is 18.3 Å². The van der Waals surface area contributed by atoms with E-state index in [1.165, 1.54) is 13.2 Å². The molecule has 0 aliphatic rings. The number of carbonyl (C=O) groups is 1. The maximum atomic E-state index is 12.6. The highest BCUT2D eigenvalue weighted by molar-refractivity contribution is 14.1. The van der Waals surface area contributed by atoms with Crippen LogP contribution in [0.5, 0.6) is 5.75 Å². The molecule has 1 atom stereocenters. The zero-order valence-electron chi connectivity index (χ0n) is 21.1. The molecular formula is C27H31IO7Si. The summed E-state index contributed by atoms with van der Waals surface area (Å²) in [5.41, 5.74) is -0.770. The summed E-state index contributed by atoms with van der Waals surface area (Å²) < 4.78 is 28.6. The Balaban J connectivity index is 1.99. The van der Waals surface area contributed by atoms with Crippen LogP contribution in [0, 0.1) is 3.57 Å². The van der Waals surface area contributed by atoms with E-state index in [0.717, 1.165) is 10.4 Å². The van der Waals surface area contributed by atoms with Gasteiger partial charge >= 0.3 is 11.6 Å². The second-order valence-electron chi connectivity index (χ2n) is 9.24. The van der Waals surface area contributed by atoms with E-state index >= 15 is 0 Å². The Bertz CT molecular complexity index is 1170. The fourth-order valence-electron chi connectivity index (χ4n) is 4.21. The van der Waals surface area contributed by atoms with Gasteiger partial charge in [-0.25, -0.2) is 9.59 Å². The molecule has 0 saturated heterocycles. The Morgan fingerprint density at radius 3 is 1.97 bits per heavy atom. The molecule has 9 heteroatoms. The highest BCUT2D eigenvalue weighted by Gasteiger charge is 2.50. The van der Waals surface area contributed by atoms with Gasteiger partial charge in [-0.15, -0.1) is 0 Å². The van der Waals surface area contributed by atoms with Crippen molar-refractivity contribution in [2.24, 2.45) is 0 Å². The van der Waals surface area contributed by atoms with Crippen LogP contribution in [0.2, 0.25) is 5.04 Å². The average Bonchev–Trinajstić information content (AvgIpc) is 2.86. The summed E-state index contributed by atoms with van der Waals surface area (Å²) in [4.78, 5) is 24.4. The number of ether oxygens (including phenoxy) is 3. The van der Waals surface area contributed by atoms with Gasteiger partial charge in [0.2, 0.25) is 11.5 Å². The highest BCUT2D eigenvalue weighted by Crippen LogP contribution is 2.37. The van der Waals surface area contributed by atoms with Crippen molar-refractivity contribution >= 4 is 47.3 Å². The molecule has 1 aromatic heterocycles. The van der Waals surface area contributed by atoms with E-state index in [-0.39, 0.29) is 29.8 Å². The predicted molar refractivity (Wildman–Crippen MR) is 149 cm³/mol. The number of hydrogen-bond donors (Lipinski definition) is 0. The number of rotatable bonds is 10. The van der Waals surface area contributed by atoms with Crippen LogP contribution in [0.15, 0.2) is 75.9 Å². The molecule has 0 amide bonds. The highest BCUT2D eigenvalue weighted by atomic mass is 127. The van der Waals surface area contributed by atoms with E-state index in [1.807, 2.05) is 59.0 Å². The van der Waals surface area contributed by atoms with E-state index in [2.05, 4.69) is 49.8 Å². The van der Waals surface area contributed by atoms with Crippen molar-refractivity contribution < 1.29 is 27.8 Å². The second-order valence-corrected chi connectivity index (χ2v) is 14.7. The van der Waals surface area contributed by atoms with Crippen LogP contribution in [0.3, 0.4) is 0 Å². The molecular weight excluding hydrogens is 591 g/mol. The van der Waals surface area contributed by atoms with Gasteiger partial charge in [-0.3, -0.25) is 0 Å². The number of hydrogen-bond acceptors (Lipinski definition) is 7. The van der Waals surface area contributed by atoms with Crippen molar-refractivity contribution in [3.05, 3.63) is 86.5 Å². The minimum Gasteiger partial charge on any atom is -0.478 e. The molecule has 0 radical (unpaired) electrons. The Hall–Kier alpha value is -2.47. The molecule has 0 aliphatic heterocycles. The number of halogens is 1. The normalized spacial score (nSPS) is 12.7. The summed E-state index contributed by atoms with van der Waals surface area (Å²) in [5, 5.41) is 2.05. The minimum atomic E-state index is -2.81. The lowest BCUT2D eigenvalue weighted by Crippen LogP contribution is -2.67. The van der Waals surface area contributed by atoms with Gasteiger partial charge in [-0.2, -0.15) is 0 Å². The van der Waals surface area contributed by atoms with Crippen molar-refractivity contribution in [1.82, 2.24) is 0 Å². The Labute approximate surface area is 226 Å². The van der Waals surface area contributed by atoms with Gasteiger partial charge in [0.05, 0.1) is 23.9 Å². The van der Waals surface area contributed by atoms with Crippen LogP contribution < -0.4 is 20.7 Å². The molecule has 0 saturated carbocycles. The van der Waals surface area contributed by atoms with Gasteiger partial charge in [0.15, 0.2) is 0 Å². The summed E-state index contributed by atoms with van der Waals surface area (Å²) in [5.74, 6) is -0.928. The molecule has 192 valence electrons. The number of carbonyl (C=O) groups excluding carboxylic acids is 1. The van der Waals surface area contributed by atoms with Gasteiger partial charge < -0.3 is 23.1 Å². The van der Waals surface area contributed by atoms with E-state index in [0.29, 0.717) is 3.57 Å². The number of esters is 1. The topological polar surface area (TPSA) is 84.2 Å². The monoisotopic (exact) mass is 622 g/mol. The quantitative estimate of drug-likeness (QED) is 0.192. The van der Waals surface area contributed by atoms with Crippen LogP contribution in [-0.4, -0.2) is 47.8 Å². The van der Waals surface area contributed by atoms with E-state index < -0.39 is 26.0 Å². The van der Waals surface area contributed by atoms with Crippen LogP contribution in [0.25, 0.3) is 0 Å². The van der Waals surface area contributed by atoms with E-state index in [9.17, 15) is 9.59 Å². The number of methoxy groups -OCH3 is 2. The molecule has 0 N–H and O–H groups in total. The van der Waals surface area contributed by atoms with Crippen LogP contribution in [-0.2, 0) is 13.9 Å². The van der Waals surface area contributed by atoms with Crippen molar-refractivity contribution in [1.29, 1.82) is 0 Å². The van der Waals surface area contributed by atoms with Gasteiger partial charge in [0, 0.05) is 13.2 Å². The molecule has 3 rings (SSSR count). The lowest BCUT2D eigenvalue weighted by Gasteiger charge is -2.43. The van der Waals surface area contributed by atoms with Gasteiger partial charge in [-0.05, 0) is 38.0 Å². The third-order valence-electron chi connectivity index (χ3n) is 5.79. The van der Waals surface area contributed by atoms with Crippen molar-refractivity contribution in [2.45, 2.75) is 31.9 Å².